The Hall–Kier alpha value is -3.38. The second-order valence-corrected chi connectivity index (χ2v) is 8.45. The summed E-state index contributed by atoms with van der Waals surface area (Å²) >= 11 is 0. The molecule has 0 N–H and O–H groups in total. The molecule has 0 aromatic heterocycles. The summed E-state index contributed by atoms with van der Waals surface area (Å²) in [6.07, 6.45) is 0.268. The fourth-order valence-corrected chi connectivity index (χ4v) is 4.88. The summed E-state index contributed by atoms with van der Waals surface area (Å²) in [5.74, 6) is 0.289. The van der Waals surface area contributed by atoms with Crippen LogP contribution in [0, 0.1) is 10.1 Å². The summed E-state index contributed by atoms with van der Waals surface area (Å²) in [7, 11) is 0.928. The van der Waals surface area contributed by atoms with Crippen molar-refractivity contribution < 1.29 is 14.5 Å². The maximum absolute atomic E-state index is 11.8. The van der Waals surface area contributed by atoms with Gasteiger partial charge in [-0.2, -0.15) is 0 Å². The van der Waals surface area contributed by atoms with Gasteiger partial charge in [-0.3, -0.25) is 14.9 Å². The second-order valence-electron chi connectivity index (χ2n) is 6.47. The van der Waals surface area contributed by atoms with Crippen LogP contribution in [0.15, 0.2) is 95.2 Å². The van der Waals surface area contributed by atoms with Gasteiger partial charge in [0.1, 0.15) is 11.2 Å². The molecule has 1 unspecified atom stereocenters. The zero-order chi connectivity index (χ0) is 21.3. The molecule has 0 saturated carbocycles. The van der Waals surface area contributed by atoms with Crippen LogP contribution in [-0.4, -0.2) is 23.8 Å². The maximum atomic E-state index is 11.8. The Bertz CT molecular complexity index is 977. The van der Waals surface area contributed by atoms with Crippen molar-refractivity contribution in [1.82, 2.24) is 0 Å². The van der Waals surface area contributed by atoms with Gasteiger partial charge in [0.05, 0.1) is 29.3 Å². The molecule has 0 saturated heterocycles. The van der Waals surface area contributed by atoms with E-state index in [9.17, 15) is 14.9 Å². The van der Waals surface area contributed by atoms with Gasteiger partial charge in [-0.15, -0.1) is 0 Å². The standard InChI is InChI=1S/C24H22NO4S/c1-29-24(26)16-17-30(22-14-12-21(13-15-22)25(27)28)18-23(19-8-4-2-5-9-19)20-10-6-3-7-11-20/h2-15,18H,16-17H2,1H3/q+1. The average Bonchev–Trinajstić information content (AvgIpc) is 2.80. The van der Waals surface area contributed by atoms with E-state index in [1.807, 2.05) is 36.4 Å². The fraction of sp³-hybridized carbons (Fsp3) is 0.125. The van der Waals surface area contributed by atoms with Gasteiger partial charge in [-0.05, 0) is 11.1 Å². The number of nitro groups is 1. The SMILES string of the molecule is COC(=O)CC[S+](C=C(c1ccccc1)c1ccccc1)c1ccc([N+](=O)[O-])cc1. The third-order valence-electron chi connectivity index (χ3n) is 4.53. The molecule has 0 aliphatic carbocycles. The molecular formula is C24H22NO4S+. The minimum atomic E-state index is -0.448. The van der Waals surface area contributed by atoms with E-state index in [0.717, 1.165) is 21.6 Å². The van der Waals surface area contributed by atoms with Crippen molar-refractivity contribution >= 4 is 28.1 Å². The lowest BCUT2D eigenvalue weighted by Crippen LogP contribution is -2.12. The molecule has 0 aliphatic heterocycles. The van der Waals surface area contributed by atoms with Crippen molar-refractivity contribution in [1.29, 1.82) is 0 Å². The Labute approximate surface area is 178 Å². The molecule has 0 aliphatic rings. The molecule has 152 valence electrons. The minimum absolute atomic E-state index is 0.0468. The predicted molar refractivity (Wildman–Crippen MR) is 120 cm³/mol. The lowest BCUT2D eigenvalue weighted by Gasteiger charge is -2.10. The molecule has 0 bridgehead atoms. The number of benzene rings is 3. The number of hydrogen-bond donors (Lipinski definition) is 0. The van der Waals surface area contributed by atoms with Crippen molar-refractivity contribution in [2.75, 3.05) is 12.9 Å². The van der Waals surface area contributed by atoms with Gasteiger partial charge in [0, 0.05) is 29.8 Å². The van der Waals surface area contributed by atoms with Gasteiger partial charge in [0.25, 0.3) is 5.69 Å². The molecule has 0 spiro atoms. The summed E-state index contributed by atoms with van der Waals surface area (Å²) < 4.78 is 4.82. The van der Waals surface area contributed by atoms with Crippen LogP contribution in [0.3, 0.4) is 0 Å². The molecule has 0 radical (unpaired) electrons. The van der Waals surface area contributed by atoms with Crippen LogP contribution in [-0.2, 0) is 20.4 Å². The lowest BCUT2D eigenvalue weighted by atomic mass is 10.00. The topological polar surface area (TPSA) is 69.4 Å². The zero-order valence-electron chi connectivity index (χ0n) is 16.6. The number of ether oxygens (including phenoxy) is 1. The first-order valence-corrected chi connectivity index (χ1v) is 10.9. The number of nitro benzene ring substituents is 1. The number of carbonyl (C=O) groups is 1. The van der Waals surface area contributed by atoms with Crippen molar-refractivity contribution in [2.45, 2.75) is 11.3 Å². The molecule has 30 heavy (non-hydrogen) atoms. The van der Waals surface area contributed by atoms with Crippen LogP contribution in [0.5, 0.6) is 0 Å². The van der Waals surface area contributed by atoms with E-state index in [4.69, 9.17) is 4.74 Å². The molecular weight excluding hydrogens is 398 g/mol. The molecule has 1 atom stereocenters. The predicted octanol–water partition coefficient (Wildman–Crippen LogP) is 5.22. The molecule has 3 aromatic rings. The van der Waals surface area contributed by atoms with Crippen molar-refractivity contribution in [3.05, 3.63) is 112 Å². The summed E-state index contributed by atoms with van der Waals surface area (Å²) in [5, 5.41) is 13.2. The monoisotopic (exact) mass is 420 g/mol. The highest BCUT2D eigenvalue weighted by Gasteiger charge is 2.24. The smallest absolute Gasteiger partial charge is 0.310 e. The van der Waals surface area contributed by atoms with Crippen molar-refractivity contribution in [2.24, 2.45) is 0 Å². The molecule has 6 heteroatoms. The van der Waals surface area contributed by atoms with E-state index in [0.29, 0.717) is 5.75 Å². The average molecular weight is 421 g/mol. The molecule has 3 rings (SSSR count). The number of methoxy groups -OCH3 is 1. The molecule has 0 heterocycles. The van der Waals surface area contributed by atoms with E-state index in [-0.39, 0.29) is 18.1 Å². The molecule has 0 amide bonds. The van der Waals surface area contributed by atoms with Crippen molar-refractivity contribution in [3.63, 3.8) is 0 Å². The van der Waals surface area contributed by atoms with Crippen molar-refractivity contribution in [3.8, 4) is 0 Å². The van der Waals surface area contributed by atoms with Gasteiger partial charge in [0.2, 0.25) is 0 Å². The zero-order valence-corrected chi connectivity index (χ0v) is 17.4. The highest BCUT2D eigenvalue weighted by Crippen LogP contribution is 2.29. The Morgan fingerprint density at radius 3 is 1.93 bits per heavy atom. The maximum Gasteiger partial charge on any atom is 0.310 e. The molecule has 3 aromatic carbocycles. The van der Waals surface area contributed by atoms with Crippen LogP contribution in [0.4, 0.5) is 5.69 Å². The summed E-state index contributed by atoms with van der Waals surface area (Å²) in [5.41, 5.74) is 3.25. The van der Waals surface area contributed by atoms with Gasteiger partial charge in [-0.25, -0.2) is 0 Å². The van der Waals surface area contributed by atoms with E-state index >= 15 is 0 Å². The lowest BCUT2D eigenvalue weighted by molar-refractivity contribution is -0.384. The normalized spacial score (nSPS) is 11.4. The highest BCUT2D eigenvalue weighted by molar-refractivity contribution is 7.99. The minimum Gasteiger partial charge on any atom is -0.469 e. The number of carbonyl (C=O) groups excluding carboxylic acids is 1. The quantitative estimate of drug-likeness (QED) is 0.217. The van der Waals surface area contributed by atoms with Gasteiger partial charge in [-0.1, -0.05) is 60.7 Å². The van der Waals surface area contributed by atoms with E-state index in [2.05, 4.69) is 29.7 Å². The van der Waals surface area contributed by atoms with E-state index in [1.165, 1.54) is 19.2 Å². The highest BCUT2D eigenvalue weighted by atomic mass is 32.2. The number of nitrogens with zero attached hydrogens (tertiary/aromatic N) is 1. The van der Waals surface area contributed by atoms with E-state index < -0.39 is 15.8 Å². The van der Waals surface area contributed by atoms with Gasteiger partial charge in [0.15, 0.2) is 4.90 Å². The van der Waals surface area contributed by atoms with Gasteiger partial charge < -0.3 is 4.74 Å². The first kappa shape index (κ1) is 21.3. The number of hydrogen-bond acceptors (Lipinski definition) is 4. The largest absolute Gasteiger partial charge is 0.469 e. The molecule has 0 fully saturated rings. The number of rotatable bonds is 8. The third kappa shape index (κ3) is 5.58. The number of non-ortho nitro benzene ring substituents is 1. The Balaban J connectivity index is 2.05. The van der Waals surface area contributed by atoms with Crippen LogP contribution < -0.4 is 0 Å². The Morgan fingerprint density at radius 1 is 0.933 bits per heavy atom. The van der Waals surface area contributed by atoms with Crippen LogP contribution >= 0.6 is 0 Å². The van der Waals surface area contributed by atoms with Gasteiger partial charge >= 0.3 is 5.97 Å². The van der Waals surface area contributed by atoms with Crippen LogP contribution in [0.1, 0.15) is 17.5 Å². The second kappa shape index (κ2) is 10.4. The fourth-order valence-electron chi connectivity index (χ4n) is 2.96. The first-order valence-electron chi connectivity index (χ1n) is 9.42. The first-order chi connectivity index (χ1) is 14.6. The van der Waals surface area contributed by atoms with Crippen LogP contribution in [0.25, 0.3) is 5.57 Å². The summed E-state index contributed by atoms with van der Waals surface area (Å²) in [6, 6.07) is 26.7. The molecule has 5 nitrogen and oxygen atoms in total. The third-order valence-corrected chi connectivity index (χ3v) is 6.58. The summed E-state index contributed by atoms with van der Waals surface area (Å²) in [6.45, 7) is 0. The summed E-state index contributed by atoms with van der Waals surface area (Å²) in [4.78, 5) is 23.3. The number of esters is 1. The Morgan fingerprint density at radius 2 is 1.47 bits per heavy atom. The Kier molecular flexibility index (Phi) is 7.40. The van der Waals surface area contributed by atoms with Crippen LogP contribution in [0.2, 0.25) is 0 Å². The van der Waals surface area contributed by atoms with E-state index in [1.54, 1.807) is 12.1 Å².